The van der Waals surface area contributed by atoms with Gasteiger partial charge < -0.3 is 10.2 Å². The van der Waals surface area contributed by atoms with Crippen LogP contribution in [-0.2, 0) is 31.6 Å². The molecule has 0 aliphatic heterocycles. The first-order chi connectivity index (χ1) is 18.5. The fraction of sp³-hybridized carbons (Fsp3) is 0.533. The molecule has 6 rings (SSSR count). The van der Waals surface area contributed by atoms with E-state index >= 15 is 0 Å². The van der Waals surface area contributed by atoms with E-state index < -0.39 is 22.0 Å². The van der Waals surface area contributed by atoms with Crippen LogP contribution in [0.25, 0.3) is 0 Å². The molecule has 0 spiro atoms. The fourth-order valence-electron chi connectivity index (χ4n) is 7.64. The van der Waals surface area contributed by atoms with Gasteiger partial charge in [-0.1, -0.05) is 40.2 Å². The summed E-state index contributed by atoms with van der Waals surface area (Å²) in [4.78, 5) is 27.6. The van der Waals surface area contributed by atoms with E-state index in [1.54, 1.807) is 6.92 Å². The van der Waals surface area contributed by atoms with Crippen LogP contribution in [-0.4, -0.2) is 51.0 Å². The third kappa shape index (κ3) is 5.89. The molecule has 4 bridgehead atoms. The summed E-state index contributed by atoms with van der Waals surface area (Å²) in [6.45, 7) is 1.46. The van der Waals surface area contributed by atoms with E-state index in [1.165, 1.54) is 56.0 Å². The molecule has 39 heavy (non-hydrogen) atoms. The number of nitrogens with one attached hydrogen (secondary N) is 1. The Balaban J connectivity index is 1.38. The van der Waals surface area contributed by atoms with Gasteiger partial charge in [-0.25, -0.2) is 8.42 Å². The van der Waals surface area contributed by atoms with Gasteiger partial charge in [-0.3, -0.25) is 13.9 Å². The smallest absolute Gasteiger partial charge is 0.244 e. The van der Waals surface area contributed by atoms with Crippen molar-refractivity contribution in [3.63, 3.8) is 0 Å². The fourth-order valence-corrected chi connectivity index (χ4v) is 8.75. The summed E-state index contributed by atoms with van der Waals surface area (Å²) in [5.74, 6) is 1.70. The van der Waals surface area contributed by atoms with Crippen molar-refractivity contribution in [2.45, 2.75) is 63.5 Å². The largest absolute Gasteiger partial charge is 0.357 e. The van der Waals surface area contributed by atoms with E-state index in [-0.39, 0.29) is 24.4 Å². The highest BCUT2D eigenvalue weighted by molar-refractivity contribution is 9.10. The molecule has 0 heterocycles. The Morgan fingerprint density at radius 1 is 0.974 bits per heavy atom. The minimum atomic E-state index is -3.76. The molecule has 4 fully saturated rings. The number of carbonyl (C=O) groups excluding carboxylic acids is 2. The average molecular weight is 617 g/mol. The van der Waals surface area contributed by atoms with Gasteiger partial charge in [0.25, 0.3) is 0 Å². The lowest BCUT2D eigenvalue weighted by molar-refractivity contribution is -0.139. The average Bonchev–Trinajstić information content (AvgIpc) is 2.89. The second-order valence-electron chi connectivity index (χ2n) is 12.0. The molecule has 0 saturated heterocycles. The quantitative estimate of drug-likeness (QED) is 0.437. The van der Waals surface area contributed by atoms with E-state index in [9.17, 15) is 18.0 Å². The minimum Gasteiger partial charge on any atom is -0.357 e. The van der Waals surface area contributed by atoms with Gasteiger partial charge in [-0.05, 0) is 104 Å². The number of sulfonamides is 1. The van der Waals surface area contributed by atoms with Crippen LogP contribution in [0, 0.1) is 17.8 Å². The number of nitrogens with zero attached hydrogens (tertiary/aromatic N) is 2. The monoisotopic (exact) mass is 615 g/mol. The van der Waals surface area contributed by atoms with Crippen LogP contribution < -0.4 is 9.62 Å². The summed E-state index contributed by atoms with van der Waals surface area (Å²) in [5, 5.41) is 2.60. The zero-order chi connectivity index (χ0) is 27.9. The van der Waals surface area contributed by atoms with Gasteiger partial charge in [0.1, 0.15) is 12.6 Å². The van der Waals surface area contributed by atoms with Crippen LogP contribution in [0.1, 0.15) is 56.6 Å². The van der Waals surface area contributed by atoms with E-state index in [2.05, 4.69) is 33.4 Å². The predicted molar refractivity (Wildman–Crippen MR) is 157 cm³/mol. The summed E-state index contributed by atoms with van der Waals surface area (Å²) in [6.07, 6.45) is 8.92. The SMILES string of the molecule is CNC(=O)[C@@H](C)N(Cc1ccc(Br)cc1)C(=O)CN(c1ccc(C23CC4CC(CC(C4)C2)C3)cc1)S(C)(=O)=O. The number of hydrogen-bond donors (Lipinski definition) is 1. The number of carbonyl (C=O) groups is 2. The van der Waals surface area contributed by atoms with Crippen molar-refractivity contribution in [3.8, 4) is 0 Å². The van der Waals surface area contributed by atoms with Crippen LogP contribution in [0.2, 0.25) is 0 Å². The molecule has 2 aromatic carbocycles. The van der Waals surface area contributed by atoms with Gasteiger partial charge >= 0.3 is 0 Å². The normalized spacial score (nSPS) is 26.2. The zero-order valence-corrected chi connectivity index (χ0v) is 25.3. The van der Waals surface area contributed by atoms with E-state index in [1.807, 2.05) is 36.4 Å². The lowest BCUT2D eigenvalue weighted by Crippen LogP contribution is -2.50. The molecular formula is C30H38BrN3O4S. The Morgan fingerprint density at radius 3 is 2.00 bits per heavy atom. The maximum absolute atomic E-state index is 13.6. The van der Waals surface area contributed by atoms with Gasteiger partial charge in [0.15, 0.2) is 0 Å². The number of likely N-dealkylation sites (N-methyl/N-ethyl adjacent to an activating group) is 1. The standard InChI is InChI=1S/C30H38BrN3O4S/c1-20(29(36)32-2)33(18-21-4-8-26(31)9-5-21)28(35)19-34(39(3,37)38)27-10-6-25(7-11-27)30-15-22-12-23(16-30)14-24(13-22)17-30/h4-11,20,22-24H,12-19H2,1-3H3,(H,32,36)/t20-,22?,23?,24?,30?/m1/s1. The minimum absolute atomic E-state index is 0.184. The number of anilines is 1. The molecule has 210 valence electrons. The molecule has 0 unspecified atom stereocenters. The summed E-state index contributed by atoms with van der Waals surface area (Å²) < 4.78 is 27.9. The van der Waals surface area contributed by atoms with Crippen molar-refractivity contribution < 1.29 is 18.0 Å². The number of halogens is 1. The van der Waals surface area contributed by atoms with E-state index in [0.29, 0.717) is 5.69 Å². The highest BCUT2D eigenvalue weighted by Crippen LogP contribution is 2.60. The lowest BCUT2D eigenvalue weighted by atomic mass is 9.48. The number of hydrogen-bond acceptors (Lipinski definition) is 4. The lowest BCUT2D eigenvalue weighted by Gasteiger charge is -2.57. The Bertz CT molecular complexity index is 1290. The highest BCUT2D eigenvalue weighted by Gasteiger charge is 2.51. The summed E-state index contributed by atoms with van der Waals surface area (Å²) in [7, 11) is -2.23. The Kier molecular flexibility index (Phi) is 7.85. The third-order valence-electron chi connectivity index (χ3n) is 9.16. The molecule has 7 nitrogen and oxygen atoms in total. The van der Waals surface area contributed by atoms with Gasteiger partial charge in [-0.15, -0.1) is 0 Å². The first-order valence-corrected chi connectivity index (χ1v) is 16.5. The molecule has 0 radical (unpaired) electrons. The van der Waals surface area contributed by atoms with Crippen molar-refractivity contribution in [2.24, 2.45) is 17.8 Å². The number of rotatable bonds is 9. The van der Waals surface area contributed by atoms with Crippen LogP contribution >= 0.6 is 15.9 Å². The number of amides is 2. The molecule has 2 amide bonds. The molecule has 4 aliphatic rings. The first kappa shape index (κ1) is 28.1. The molecule has 2 aromatic rings. The summed E-state index contributed by atoms with van der Waals surface area (Å²) >= 11 is 3.42. The van der Waals surface area contributed by atoms with Gasteiger partial charge in [0.2, 0.25) is 21.8 Å². The number of benzene rings is 2. The van der Waals surface area contributed by atoms with Crippen LogP contribution in [0.4, 0.5) is 5.69 Å². The summed E-state index contributed by atoms with van der Waals surface area (Å²) in [5.41, 5.74) is 2.82. The predicted octanol–water partition coefficient (Wildman–Crippen LogP) is 4.85. The van der Waals surface area contributed by atoms with Crippen LogP contribution in [0.3, 0.4) is 0 Å². The molecular weight excluding hydrogens is 578 g/mol. The Morgan fingerprint density at radius 2 is 1.51 bits per heavy atom. The van der Waals surface area contributed by atoms with Gasteiger partial charge in [0, 0.05) is 18.1 Å². The van der Waals surface area contributed by atoms with Crippen LogP contribution in [0.15, 0.2) is 53.0 Å². The molecule has 9 heteroatoms. The molecule has 1 N–H and O–H groups in total. The topological polar surface area (TPSA) is 86.8 Å². The molecule has 0 aromatic heterocycles. The maximum atomic E-state index is 13.6. The van der Waals surface area contributed by atoms with Gasteiger partial charge in [-0.2, -0.15) is 0 Å². The molecule has 4 saturated carbocycles. The van der Waals surface area contributed by atoms with Crippen molar-refractivity contribution >= 4 is 43.5 Å². The third-order valence-corrected chi connectivity index (χ3v) is 10.8. The Hall–Kier alpha value is -2.39. The van der Waals surface area contributed by atoms with Gasteiger partial charge in [0.05, 0.1) is 11.9 Å². The maximum Gasteiger partial charge on any atom is 0.244 e. The summed E-state index contributed by atoms with van der Waals surface area (Å²) in [6, 6.07) is 14.6. The highest BCUT2D eigenvalue weighted by atomic mass is 79.9. The molecule has 4 aliphatic carbocycles. The second-order valence-corrected chi connectivity index (χ2v) is 14.8. The van der Waals surface area contributed by atoms with Crippen molar-refractivity contribution in [2.75, 3.05) is 24.2 Å². The van der Waals surface area contributed by atoms with E-state index in [0.717, 1.165) is 38.4 Å². The Labute approximate surface area is 240 Å². The van der Waals surface area contributed by atoms with Crippen molar-refractivity contribution in [1.82, 2.24) is 10.2 Å². The zero-order valence-electron chi connectivity index (χ0n) is 22.9. The van der Waals surface area contributed by atoms with Crippen molar-refractivity contribution in [1.29, 1.82) is 0 Å². The second kappa shape index (κ2) is 10.9. The first-order valence-electron chi connectivity index (χ1n) is 13.8. The van der Waals surface area contributed by atoms with E-state index in [4.69, 9.17) is 0 Å². The van der Waals surface area contributed by atoms with Crippen LogP contribution in [0.5, 0.6) is 0 Å². The van der Waals surface area contributed by atoms with Crippen molar-refractivity contribution in [3.05, 3.63) is 64.1 Å². The molecule has 1 atom stereocenters.